The van der Waals surface area contributed by atoms with Crippen molar-refractivity contribution in [2.24, 2.45) is 0 Å². The molecule has 6 nitrogen and oxygen atoms in total. The molecule has 36 heavy (non-hydrogen) atoms. The van der Waals surface area contributed by atoms with E-state index in [1.807, 2.05) is 18.7 Å². The highest BCUT2D eigenvalue weighted by Crippen LogP contribution is 2.39. The number of piperazine rings is 1. The minimum atomic E-state index is -0.744. The molecule has 3 heterocycles. The van der Waals surface area contributed by atoms with Gasteiger partial charge in [0.05, 0.1) is 24.1 Å². The zero-order chi connectivity index (χ0) is 25.4. The molecule has 0 spiro atoms. The lowest BCUT2D eigenvalue weighted by molar-refractivity contribution is 0.287. The van der Waals surface area contributed by atoms with Gasteiger partial charge in [0.2, 0.25) is 0 Å². The second-order valence-corrected chi connectivity index (χ2v) is 9.23. The molecule has 1 N–H and O–H groups in total. The molecule has 0 atom stereocenters. The van der Waals surface area contributed by atoms with Gasteiger partial charge < -0.3 is 19.9 Å². The van der Waals surface area contributed by atoms with Crippen molar-refractivity contribution in [3.8, 4) is 17.0 Å². The van der Waals surface area contributed by atoms with Crippen LogP contribution in [0.15, 0.2) is 30.5 Å². The van der Waals surface area contributed by atoms with E-state index < -0.39 is 23.3 Å². The Labute approximate surface area is 206 Å². The summed E-state index contributed by atoms with van der Waals surface area (Å²) < 4.78 is 65.0. The molecule has 2 aromatic carbocycles. The van der Waals surface area contributed by atoms with Crippen LogP contribution in [0.25, 0.3) is 11.3 Å². The zero-order valence-electron chi connectivity index (χ0n) is 20.1. The van der Waals surface area contributed by atoms with Crippen molar-refractivity contribution in [1.82, 2.24) is 15.3 Å². The van der Waals surface area contributed by atoms with Gasteiger partial charge in [0.25, 0.3) is 0 Å². The lowest BCUT2D eigenvalue weighted by Gasteiger charge is -2.34. The van der Waals surface area contributed by atoms with Gasteiger partial charge in [-0.1, -0.05) is 0 Å². The fourth-order valence-electron chi connectivity index (χ4n) is 4.70. The third-order valence-electron chi connectivity index (χ3n) is 6.52. The Bertz CT molecular complexity index is 1280. The number of aromatic nitrogens is 2. The maximum absolute atomic E-state index is 14.9. The summed E-state index contributed by atoms with van der Waals surface area (Å²) in [5.74, 6) is -2.29. The number of hydrogen-bond donors (Lipinski definition) is 1. The number of benzene rings is 2. The molecule has 5 rings (SSSR count). The fraction of sp³-hybridized carbons (Fsp3) is 0.385. The Morgan fingerprint density at radius 1 is 0.917 bits per heavy atom. The van der Waals surface area contributed by atoms with Crippen molar-refractivity contribution in [3.05, 3.63) is 65.1 Å². The van der Waals surface area contributed by atoms with Gasteiger partial charge in [-0.25, -0.2) is 27.5 Å². The number of rotatable bonds is 5. The highest BCUT2D eigenvalue weighted by molar-refractivity contribution is 5.72. The molecule has 2 aliphatic heterocycles. The molecule has 2 aliphatic rings. The molecule has 3 aromatic rings. The van der Waals surface area contributed by atoms with Crippen molar-refractivity contribution in [2.75, 3.05) is 49.1 Å². The van der Waals surface area contributed by atoms with Crippen LogP contribution in [0, 0.1) is 23.3 Å². The molecule has 1 aromatic heterocycles. The molecule has 0 radical (unpaired) electrons. The van der Waals surface area contributed by atoms with Gasteiger partial charge in [0.1, 0.15) is 29.8 Å². The minimum absolute atomic E-state index is 0.0555. The van der Waals surface area contributed by atoms with Crippen molar-refractivity contribution < 1.29 is 22.3 Å². The molecule has 1 saturated heterocycles. The summed E-state index contributed by atoms with van der Waals surface area (Å²) in [5, 5.41) is 3.18. The maximum Gasteiger partial charge on any atom is 0.178 e. The first-order chi connectivity index (χ1) is 17.3. The first kappa shape index (κ1) is 24.3. The molecule has 0 saturated carbocycles. The van der Waals surface area contributed by atoms with Crippen LogP contribution in [0.1, 0.15) is 25.2 Å². The Morgan fingerprint density at radius 3 is 2.44 bits per heavy atom. The van der Waals surface area contributed by atoms with E-state index in [9.17, 15) is 17.6 Å². The van der Waals surface area contributed by atoms with E-state index in [0.29, 0.717) is 45.0 Å². The van der Waals surface area contributed by atoms with Gasteiger partial charge in [0, 0.05) is 50.3 Å². The number of fused-ring (bicyclic) bond motifs is 1. The average Bonchev–Trinajstić information content (AvgIpc) is 2.87. The molecule has 0 unspecified atom stereocenters. The van der Waals surface area contributed by atoms with Crippen LogP contribution in [-0.2, 0) is 6.42 Å². The largest absolute Gasteiger partial charge is 0.486 e. The van der Waals surface area contributed by atoms with Crippen molar-refractivity contribution in [1.29, 1.82) is 0 Å². The predicted molar refractivity (Wildman–Crippen MR) is 130 cm³/mol. The molecule has 190 valence electrons. The van der Waals surface area contributed by atoms with Crippen LogP contribution in [0.5, 0.6) is 5.75 Å². The summed E-state index contributed by atoms with van der Waals surface area (Å²) in [6.07, 6.45) is 0.821. The van der Waals surface area contributed by atoms with Gasteiger partial charge >= 0.3 is 0 Å². The van der Waals surface area contributed by atoms with Gasteiger partial charge in [-0.05, 0) is 37.6 Å². The standard InChI is InChI=1S/C26H27F4N5O/c1-15(2)35-7-8-36-26-20(29)10-17(11-23(26)35)25-21(30)14-32-24(33-25)12-16-9-19(28)22(13-18(16)27)34-5-3-31-4-6-34/h9-11,13-15,31H,3-8,12H2,1-2H3. The van der Waals surface area contributed by atoms with Crippen molar-refractivity contribution >= 4 is 11.4 Å². The molecule has 10 heteroatoms. The Kier molecular flexibility index (Phi) is 6.70. The van der Waals surface area contributed by atoms with E-state index in [1.54, 1.807) is 11.0 Å². The number of hydrogen-bond acceptors (Lipinski definition) is 6. The van der Waals surface area contributed by atoms with Crippen LogP contribution >= 0.6 is 0 Å². The van der Waals surface area contributed by atoms with Crippen molar-refractivity contribution in [3.63, 3.8) is 0 Å². The number of nitrogens with zero attached hydrogens (tertiary/aromatic N) is 4. The molecule has 1 fully saturated rings. The van der Waals surface area contributed by atoms with Crippen molar-refractivity contribution in [2.45, 2.75) is 26.3 Å². The number of ether oxygens (including phenoxy) is 1. The van der Waals surface area contributed by atoms with Crippen LogP contribution < -0.4 is 19.9 Å². The second-order valence-electron chi connectivity index (χ2n) is 9.23. The van der Waals surface area contributed by atoms with E-state index in [0.717, 1.165) is 12.3 Å². The third kappa shape index (κ3) is 4.69. The predicted octanol–water partition coefficient (Wildman–Crippen LogP) is 4.31. The third-order valence-corrected chi connectivity index (χ3v) is 6.52. The van der Waals surface area contributed by atoms with E-state index in [2.05, 4.69) is 15.3 Å². The molecule has 0 aliphatic carbocycles. The highest BCUT2D eigenvalue weighted by Gasteiger charge is 2.26. The quantitative estimate of drug-likeness (QED) is 0.526. The van der Waals surface area contributed by atoms with Gasteiger partial charge in [-0.2, -0.15) is 0 Å². The fourth-order valence-corrected chi connectivity index (χ4v) is 4.70. The SMILES string of the molecule is CC(C)N1CCOc2c(F)cc(-c3nc(Cc4cc(F)c(N5CCNCC5)cc4F)ncc3F)cc21. The topological polar surface area (TPSA) is 53.5 Å². The summed E-state index contributed by atoms with van der Waals surface area (Å²) in [4.78, 5) is 12.0. The van der Waals surface area contributed by atoms with E-state index in [-0.39, 0.29) is 46.5 Å². The van der Waals surface area contributed by atoms with Gasteiger partial charge in [0.15, 0.2) is 17.4 Å². The van der Waals surface area contributed by atoms with Crippen LogP contribution in [0.4, 0.5) is 28.9 Å². The maximum atomic E-state index is 14.9. The van der Waals surface area contributed by atoms with Gasteiger partial charge in [-0.15, -0.1) is 0 Å². The van der Waals surface area contributed by atoms with Crippen LogP contribution in [-0.4, -0.2) is 55.3 Å². The van der Waals surface area contributed by atoms with Gasteiger partial charge in [-0.3, -0.25) is 0 Å². The van der Waals surface area contributed by atoms with Crippen LogP contribution in [0.2, 0.25) is 0 Å². The Hall–Kier alpha value is -3.40. The second kappa shape index (κ2) is 9.93. The smallest absolute Gasteiger partial charge is 0.178 e. The summed E-state index contributed by atoms with van der Waals surface area (Å²) in [7, 11) is 0. The average molecular weight is 502 g/mol. The van der Waals surface area contributed by atoms with E-state index in [4.69, 9.17) is 4.74 Å². The first-order valence-electron chi connectivity index (χ1n) is 12.0. The molecule has 0 bridgehead atoms. The first-order valence-corrected chi connectivity index (χ1v) is 12.0. The Morgan fingerprint density at radius 2 is 1.69 bits per heavy atom. The Balaban J connectivity index is 1.47. The summed E-state index contributed by atoms with van der Waals surface area (Å²) >= 11 is 0. The summed E-state index contributed by atoms with van der Waals surface area (Å²) in [6, 6.07) is 5.19. The highest BCUT2D eigenvalue weighted by atomic mass is 19.1. The lowest BCUT2D eigenvalue weighted by atomic mass is 10.1. The number of nitrogens with one attached hydrogen (secondary N) is 1. The molecule has 0 amide bonds. The van der Waals surface area contributed by atoms with E-state index >= 15 is 0 Å². The summed E-state index contributed by atoms with van der Waals surface area (Å²) in [5.41, 5.74) is 0.876. The molecular formula is C26H27F4N5O. The van der Waals surface area contributed by atoms with Crippen LogP contribution in [0.3, 0.4) is 0 Å². The lowest BCUT2D eigenvalue weighted by Crippen LogP contribution is -2.44. The van der Waals surface area contributed by atoms with E-state index in [1.165, 1.54) is 12.1 Å². The summed E-state index contributed by atoms with van der Waals surface area (Å²) in [6.45, 7) is 7.42. The number of anilines is 2. The minimum Gasteiger partial charge on any atom is -0.486 e. The monoisotopic (exact) mass is 501 g/mol. The number of halogens is 4. The molecular weight excluding hydrogens is 474 g/mol. The normalized spacial score (nSPS) is 15.8. The zero-order valence-corrected chi connectivity index (χ0v) is 20.1.